The zero-order valence-electron chi connectivity index (χ0n) is 19.7. The Morgan fingerprint density at radius 3 is 2.08 bits per heavy atom. The summed E-state index contributed by atoms with van der Waals surface area (Å²) < 4.78 is 15.7. The zero-order valence-corrected chi connectivity index (χ0v) is 21.3. The number of benzene rings is 3. The first-order valence-electron chi connectivity index (χ1n) is 11.5. The quantitative estimate of drug-likeness (QED) is 0.187. The molecule has 1 fully saturated rings. The smallest absolute Gasteiger partial charge is 0.370 e. The molecular formula is C25H24ClN7O3P+. The lowest BCUT2D eigenvalue weighted by molar-refractivity contribution is 0.410. The summed E-state index contributed by atoms with van der Waals surface area (Å²) in [7, 11) is -2.66. The van der Waals surface area contributed by atoms with Crippen molar-refractivity contribution < 1.29 is 14.0 Å². The Balaban J connectivity index is 1.32. The van der Waals surface area contributed by atoms with Gasteiger partial charge < -0.3 is 21.3 Å². The van der Waals surface area contributed by atoms with Crippen LogP contribution >= 0.6 is 19.9 Å². The maximum absolute atomic E-state index is 10.8. The second-order valence-electron chi connectivity index (χ2n) is 8.41. The third-order valence-electron chi connectivity index (χ3n) is 6.05. The number of guanidine groups is 1. The second kappa shape index (κ2) is 10.6. The van der Waals surface area contributed by atoms with Gasteiger partial charge in [-0.1, -0.05) is 23.7 Å². The van der Waals surface area contributed by atoms with Gasteiger partial charge in [0, 0.05) is 58.1 Å². The van der Waals surface area contributed by atoms with E-state index >= 15 is 0 Å². The molecule has 1 unspecified atom stereocenters. The van der Waals surface area contributed by atoms with E-state index < -0.39 is 8.25 Å². The highest BCUT2D eigenvalue weighted by Gasteiger charge is 2.19. The largest absolute Gasteiger partial charge is 0.747 e. The van der Waals surface area contributed by atoms with Gasteiger partial charge in [-0.15, -0.1) is 4.89 Å². The Labute approximate surface area is 219 Å². The van der Waals surface area contributed by atoms with Crippen molar-refractivity contribution in [1.82, 2.24) is 9.97 Å². The molecule has 2 heterocycles. The summed E-state index contributed by atoms with van der Waals surface area (Å²) >= 11 is 6.25. The van der Waals surface area contributed by atoms with E-state index in [1.807, 2.05) is 36.4 Å². The molecule has 5 N–H and O–H groups in total. The highest BCUT2D eigenvalue weighted by Crippen LogP contribution is 2.32. The van der Waals surface area contributed by atoms with Crippen molar-refractivity contribution in [3.8, 4) is 17.0 Å². The molecule has 0 amide bonds. The van der Waals surface area contributed by atoms with E-state index in [-0.39, 0.29) is 11.9 Å². The molecular weight excluding hydrogens is 513 g/mol. The molecule has 0 radical (unpaired) electrons. The minimum absolute atomic E-state index is 0.111. The Hall–Kier alpha value is -3.98. The van der Waals surface area contributed by atoms with Gasteiger partial charge in [-0.05, 0) is 54.6 Å². The molecule has 1 aliphatic heterocycles. The van der Waals surface area contributed by atoms with Gasteiger partial charge in [-0.25, -0.2) is 14.5 Å². The zero-order chi connectivity index (χ0) is 25.9. The van der Waals surface area contributed by atoms with Crippen LogP contribution in [0, 0.1) is 0 Å². The van der Waals surface area contributed by atoms with E-state index in [1.54, 1.807) is 18.2 Å². The Kier molecular flexibility index (Phi) is 7.05. The number of nitrogens with two attached hydrogens (primary N) is 2. The number of aliphatic imine (C=N–C) groups is 1. The first-order chi connectivity index (χ1) is 17.9. The number of hydrogen-bond donors (Lipinski definition) is 3. The van der Waals surface area contributed by atoms with Crippen LogP contribution < -0.4 is 25.8 Å². The molecule has 12 heteroatoms. The topological polar surface area (TPSA) is 143 Å². The molecule has 0 aliphatic carbocycles. The van der Waals surface area contributed by atoms with Crippen LogP contribution in [0.1, 0.15) is 0 Å². The van der Waals surface area contributed by atoms with Crippen LogP contribution in [0.3, 0.4) is 0 Å². The highest BCUT2D eigenvalue weighted by molar-refractivity contribution is 7.32. The number of anilines is 2. The van der Waals surface area contributed by atoms with E-state index in [1.165, 1.54) is 0 Å². The Morgan fingerprint density at radius 2 is 1.51 bits per heavy atom. The molecule has 3 aromatic carbocycles. The molecule has 0 saturated carbocycles. The fourth-order valence-corrected chi connectivity index (χ4v) is 4.81. The molecule has 1 atom stereocenters. The van der Waals surface area contributed by atoms with Crippen molar-refractivity contribution in [3.63, 3.8) is 0 Å². The molecule has 1 aromatic heterocycles. The van der Waals surface area contributed by atoms with Crippen molar-refractivity contribution in [2.75, 3.05) is 36.0 Å². The van der Waals surface area contributed by atoms with E-state index in [9.17, 15) is 4.57 Å². The average Bonchev–Trinajstić information content (AvgIpc) is 2.88. The molecule has 0 spiro atoms. The monoisotopic (exact) mass is 536 g/mol. The molecule has 1 aliphatic rings. The van der Waals surface area contributed by atoms with Gasteiger partial charge in [0.05, 0.1) is 11.2 Å². The van der Waals surface area contributed by atoms with Gasteiger partial charge in [0.25, 0.3) is 5.95 Å². The lowest BCUT2D eigenvalue weighted by Gasteiger charge is -2.37. The maximum Gasteiger partial charge on any atom is 0.747 e. The minimum atomic E-state index is -2.66. The summed E-state index contributed by atoms with van der Waals surface area (Å²) in [5.41, 5.74) is 15.5. The van der Waals surface area contributed by atoms with Crippen LogP contribution in [-0.2, 0) is 4.57 Å². The number of rotatable bonds is 6. The van der Waals surface area contributed by atoms with Crippen LogP contribution in [0.5, 0.6) is 5.75 Å². The van der Waals surface area contributed by atoms with Crippen LogP contribution in [0.4, 0.5) is 17.3 Å². The van der Waals surface area contributed by atoms with E-state index in [2.05, 4.69) is 36.9 Å². The van der Waals surface area contributed by atoms with Gasteiger partial charge in [0.2, 0.25) is 0 Å². The SMILES string of the molecule is NC(N)=Nc1nc(-c2ccc(N3CCN(c4ccc(O[P+](=O)O)cc4)CC3)cc2)c2cc(Cl)ccc2n1. The summed E-state index contributed by atoms with van der Waals surface area (Å²) in [6.07, 6.45) is 0. The minimum Gasteiger partial charge on any atom is -0.370 e. The molecule has 0 bridgehead atoms. The van der Waals surface area contributed by atoms with Crippen LogP contribution in [0.2, 0.25) is 5.02 Å². The van der Waals surface area contributed by atoms with Crippen molar-refractivity contribution >= 4 is 54.0 Å². The molecule has 1 saturated heterocycles. The van der Waals surface area contributed by atoms with E-state index in [0.29, 0.717) is 22.0 Å². The number of fused-ring (bicyclic) bond motifs is 1. The highest BCUT2D eigenvalue weighted by atomic mass is 35.5. The van der Waals surface area contributed by atoms with E-state index in [4.69, 9.17) is 32.5 Å². The van der Waals surface area contributed by atoms with Crippen molar-refractivity contribution in [1.29, 1.82) is 0 Å². The summed E-state index contributed by atoms with van der Waals surface area (Å²) in [6.45, 7) is 3.38. The lowest BCUT2D eigenvalue weighted by Crippen LogP contribution is -2.46. The standard InChI is InChI=1S/C25H23ClN7O3P/c26-17-3-10-22-21(15-17)23(30-25(29-22)31-24(27)28)16-1-4-18(5-2-16)32-11-13-33(14-12-32)19-6-8-20(9-7-19)36-37(34)35/h1-10,15H,11-14H2,(H4-,27,28,29,30,31,34,35)/p+1. The average molecular weight is 537 g/mol. The van der Waals surface area contributed by atoms with Crippen LogP contribution in [0.15, 0.2) is 71.7 Å². The first kappa shape index (κ1) is 24.7. The predicted molar refractivity (Wildman–Crippen MR) is 147 cm³/mol. The summed E-state index contributed by atoms with van der Waals surface area (Å²) in [5.74, 6) is 0.449. The summed E-state index contributed by atoms with van der Waals surface area (Å²) in [4.78, 5) is 26.5. The predicted octanol–water partition coefficient (Wildman–Crippen LogP) is 4.21. The number of hydrogen-bond acceptors (Lipinski definition) is 7. The van der Waals surface area contributed by atoms with Crippen LogP contribution in [-0.4, -0.2) is 47.0 Å². The number of halogens is 1. The molecule has 37 heavy (non-hydrogen) atoms. The molecule has 5 rings (SSSR count). The van der Waals surface area contributed by atoms with Crippen molar-refractivity contribution in [3.05, 3.63) is 71.8 Å². The lowest BCUT2D eigenvalue weighted by atomic mass is 10.1. The second-order valence-corrected chi connectivity index (χ2v) is 9.51. The molecule has 10 nitrogen and oxygen atoms in total. The van der Waals surface area contributed by atoms with Gasteiger partial charge >= 0.3 is 8.25 Å². The third kappa shape index (κ3) is 5.72. The van der Waals surface area contributed by atoms with Crippen molar-refractivity contribution in [2.45, 2.75) is 0 Å². The first-order valence-corrected chi connectivity index (χ1v) is 13.0. The summed E-state index contributed by atoms with van der Waals surface area (Å²) in [6, 6.07) is 20.8. The number of piperazine rings is 1. The Bertz CT molecular complexity index is 1470. The molecule has 188 valence electrons. The van der Waals surface area contributed by atoms with Crippen molar-refractivity contribution in [2.24, 2.45) is 16.5 Å². The van der Waals surface area contributed by atoms with Gasteiger partial charge in [0.15, 0.2) is 11.7 Å². The summed E-state index contributed by atoms with van der Waals surface area (Å²) in [5, 5.41) is 1.40. The normalized spacial score (nSPS) is 13.9. The van der Waals surface area contributed by atoms with Gasteiger partial charge in [-0.3, -0.25) is 0 Å². The Morgan fingerprint density at radius 1 is 0.919 bits per heavy atom. The van der Waals surface area contributed by atoms with E-state index in [0.717, 1.165) is 48.5 Å². The maximum atomic E-state index is 10.8. The third-order valence-corrected chi connectivity index (χ3v) is 6.65. The molecule has 4 aromatic rings. The van der Waals surface area contributed by atoms with Gasteiger partial charge in [0.1, 0.15) is 0 Å². The fraction of sp³-hybridized carbons (Fsp3) is 0.160. The van der Waals surface area contributed by atoms with Gasteiger partial charge in [-0.2, -0.15) is 4.99 Å². The number of nitrogens with zero attached hydrogens (tertiary/aromatic N) is 5. The fourth-order valence-electron chi connectivity index (χ4n) is 4.33. The number of aromatic nitrogens is 2. The van der Waals surface area contributed by atoms with Crippen LogP contribution in [0.25, 0.3) is 22.2 Å².